The predicted molar refractivity (Wildman–Crippen MR) is 93.2 cm³/mol. The van der Waals surface area contributed by atoms with Crippen LogP contribution >= 0.6 is 0 Å². The van der Waals surface area contributed by atoms with Crippen molar-refractivity contribution in [2.24, 2.45) is 0 Å². The van der Waals surface area contributed by atoms with Crippen LogP contribution in [0.15, 0.2) is 36.4 Å². The predicted octanol–water partition coefficient (Wildman–Crippen LogP) is 2.64. The number of carbonyl (C=O) groups excluding carboxylic acids is 1. The van der Waals surface area contributed by atoms with Crippen molar-refractivity contribution in [3.05, 3.63) is 59.7 Å². The maximum Gasteiger partial charge on any atom is 0.244 e. The molecule has 0 aliphatic rings. The third-order valence-corrected chi connectivity index (χ3v) is 4.52. The van der Waals surface area contributed by atoms with Gasteiger partial charge < -0.3 is 9.88 Å². The number of fused-ring (bicyclic) bond motifs is 1. The van der Waals surface area contributed by atoms with E-state index in [1.54, 1.807) is 24.3 Å². The second-order valence-electron chi connectivity index (χ2n) is 5.94. The van der Waals surface area contributed by atoms with Gasteiger partial charge in [0.05, 0.1) is 16.7 Å². The Morgan fingerprint density at radius 1 is 1.11 bits per heavy atom. The lowest BCUT2D eigenvalue weighted by molar-refractivity contribution is -0.116. The fourth-order valence-electron chi connectivity index (χ4n) is 2.60. The van der Waals surface area contributed by atoms with Gasteiger partial charge in [-0.15, -0.1) is 0 Å². The standard InChI is InChI=1S/C17H14F3N3O3S/c1-27(25,26)9-14-21-11-4-2-3-5-13(11)23(14)8-15(24)22-12-7-6-10(18)16(19)17(12)20/h2-7H,8-9H2,1H3,(H,22,24). The van der Waals surface area contributed by atoms with Crippen LogP contribution in [0.1, 0.15) is 5.82 Å². The lowest BCUT2D eigenvalue weighted by Crippen LogP contribution is -2.22. The number of imidazole rings is 1. The summed E-state index contributed by atoms with van der Waals surface area (Å²) < 4.78 is 64.7. The van der Waals surface area contributed by atoms with E-state index in [9.17, 15) is 26.4 Å². The number of hydrogen-bond acceptors (Lipinski definition) is 4. The molecule has 6 nitrogen and oxygen atoms in total. The molecule has 0 saturated heterocycles. The van der Waals surface area contributed by atoms with Gasteiger partial charge in [0, 0.05) is 6.26 Å². The van der Waals surface area contributed by atoms with E-state index in [0.29, 0.717) is 17.1 Å². The molecule has 0 spiro atoms. The first-order chi connectivity index (χ1) is 12.7. The van der Waals surface area contributed by atoms with E-state index in [2.05, 4.69) is 10.3 Å². The van der Waals surface area contributed by atoms with Gasteiger partial charge in [0.1, 0.15) is 18.1 Å². The second-order valence-corrected chi connectivity index (χ2v) is 8.08. The summed E-state index contributed by atoms with van der Waals surface area (Å²) in [5.41, 5.74) is 0.480. The Kier molecular flexibility index (Phi) is 4.92. The normalized spacial score (nSPS) is 11.7. The zero-order valence-electron chi connectivity index (χ0n) is 14.0. The SMILES string of the molecule is CS(=O)(=O)Cc1nc2ccccc2n1CC(=O)Nc1ccc(F)c(F)c1F. The number of amides is 1. The van der Waals surface area contributed by atoms with Crippen molar-refractivity contribution in [2.75, 3.05) is 11.6 Å². The molecule has 3 aromatic rings. The molecule has 1 amide bonds. The van der Waals surface area contributed by atoms with Gasteiger partial charge in [0.25, 0.3) is 0 Å². The number of anilines is 1. The van der Waals surface area contributed by atoms with Crippen molar-refractivity contribution in [1.82, 2.24) is 9.55 Å². The van der Waals surface area contributed by atoms with Gasteiger partial charge in [-0.3, -0.25) is 4.79 Å². The molecule has 1 aromatic heterocycles. The number of aromatic nitrogens is 2. The maximum absolute atomic E-state index is 13.7. The molecule has 0 saturated carbocycles. The molecule has 3 rings (SSSR count). The monoisotopic (exact) mass is 397 g/mol. The van der Waals surface area contributed by atoms with Crippen LogP contribution in [0.25, 0.3) is 11.0 Å². The van der Waals surface area contributed by atoms with E-state index >= 15 is 0 Å². The first-order valence-electron chi connectivity index (χ1n) is 7.71. The number of nitrogens with one attached hydrogen (secondary N) is 1. The van der Waals surface area contributed by atoms with Crippen LogP contribution in [0.3, 0.4) is 0 Å². The van der Waals surface area contributed by atoms with Crippen LogP contribution in [-0.4, -0.2) is 30.1 Å². The van der Waals surface area contributed by atoms with E-state index in [4.69, 9.17) is 0 Å². The van der Waals surface area contributed by atoms with Gasteiger partial charge in [0.2, 0.25) is 5.91 Å². The summed E-state index contributed by atoms with van der Waals surface area (Å²) in [6.07, 6.45) is 1.04. The number of para-hydroxylation sites is 2. The largest absolute Gasteiger partial charge is 0.322 e. The quantitative estimate of drug-likeness (QED) is 0.671. The smallest absolute Gasteiger partial charge is 0.244 e. The first kappa shape index (κ1) is 18.9. The Balaban J connectivity index is 1.93. The van der Waals surface area contributed by atoms with Gasteiger partial charge in [-0.2, -0.15) is 0 Å². The molecule has 1 heterocycles. The van der Waals surface area contributed by atoms with Gasteiger partial charge in [-0.1, -0.05) is 12.1 Å². The molecule has 1 N–H and O–H groups in total. The van der Waals surface area contributed by atoms with Crippen molar-refractivity contribution in [3.8, 4) is 0 Å². The summed E-state index contributed by atoms with van der Waals surface area (Å²) in [7, 11) is -3.43. The average Bonchev–Trinajstić information content (AvgIpc) is 2.91. The molecule has 0 atom stereocenters. The number of halogens is 3. The van der Waals surface area contributed by atoms with Crippen LogP contribution in [0.2, 0.25) is 0 Å². The minimum Gasteiger partial charge on any atom is -0.322 e. The number of benzene rings is 2. The van der Waals surface area contributed by atoms with E-state index in [1.807, 2.05) is 0 Å². The molecular weight excluding hydrogens is 383 g/mol. The highest BCUT2D eigenvalue weighted by atomic mass is 32.2. The zero-order chi connectivity index (χ0) is 19.8. The molecule has 0 aliphatic heterocycles. The average molecular weight is 397 g/mol. The van der Waals surface area contributed by atoms with E-state index in [0.717, 1.165) is 12.3 Å². The highest BCUT2D eigenvalue weighted by molar-refractivity contribution is 7.89. The number of carbonyl (C=O) groups is 1. The molecule has 0 unspecified atom stereocenters. The second kappa shape index (κ2) is 7.03. The van der Waals surface area contributed by atoms with Crippen molar-refractivity contribution >= 4 is 32.5 Å². The summed E-state index contributed by atoms with van der Waals surface area (Å²) in [6, 6.07) is 8.30. The first-order valence-corrected chi connectivity index (χ1v) is 9.77. The van der Waals surface area contributed by atoms with Gasteiger partial charge in [-0.05, 0) is 24.3 Å². The van der Waals surface area contributed by atoms with Crippen LogP contribution in [-0.2, 0) is 26.9 Å². The van der Waals surface area contributed by atoms with Crippen molar-refractivity contribution in [1.29, 1.82) is 0 Å². The molecule has 0 fully saturated rings. The minimum absolute atomic E-state index is 0.139. The highest BCUT2D eigenvalue weighted by Gasteiger charge is 2.19. The van der Waals surface area contributed by atoms with Crippen LogP contribution < -0.4 is 5.32 Å². The van der Waals surface area contributed by atoms with Gasteiger partial charge in [0.15, 0.2) is 27.3 Å². The summed E-state index contributed by atoms with van der Waals surface area (Å²) in [6.45, 7) is -0.385. The Morgan fingerprint density at radius 2 is 1.81 bits per heavy atom. The lowest BCUT2D eigenvalue weighted by atomic mass is 10.2. The molecule has 0 bridgehead atoms. The fourth-order valence-corrected chi connectivity index (χ4v) is 3.29. The third-order valence-electron chi connectivity index (χ3n) is 3.74. The summed E-state index contributed by atoms with van der Waals surface area (Å²) in [5, 5.41) is 2.15. The zero-order valence-corrected chi connectivity index (χ0v) is 14.9. The van der Waals surface area contributed by atoms with Crippen LogP contribution in [0, 0.1) is 17.5 Å². The number of rotatable bonds is 5. The Labute approximate surface area is 152 Å². The third kappa shape index (κ3) is 4.11. The van der Waals surface area contributed by atoms with Crippen LogP contribution in [0.5, 0.6) is 0 Å². The van der Waals surface area contributed by atoms with Gasteiger partial charge >= 0.3 is 0 Å². The number of nitrogens with zero attached hydrogens (tertiary/aromatic N) is 2. The van der Waals surface area contributed by atoms with Gasteiger partial charge in [-0.25, -0.2) is 26.6 Å². The number of sulfone groups is 1. The summed E-state index contributed by atoms with van der Waals surface area (Å²) in [5.74, 6) is -5.60. The molecular formula is C17H14F3N3O3S. The fraction of sp³-hybridized carbons (Fsp3) is 0.176. The Hall–Kier alpha value is -2.88. The molecule has 2 aromatic carbocycles. The van der Waals surface area contributed by atoms with E-state index in [-0.39, 0.29) is 12.4 Å². The lowest BCUT2D eigenvalue weighted by Gasteiger charge is -2.11. The summed E-state index contributed by atoms with van der Waals surface area (Å²) >= 11 is 0. The van der Waals surface area contributed by atoms with E-state index in [1.165, 1.54) is 4.57 Å². The topological polar surface area (TPSA) is 81.1 Å². The van der Waals surface area contributed by atoms with E-state index < -0.39 is 44.6 Å². The Morgan fingerprint density at radius 3 is 2.52 bits per heavy atom. The van der Waals surface area contributed by atoms with Crippen LogP contribution in [0.4, 0.5) is 18.9 Å². The van der Waals surface area contributed by atoms with Crippen molar-refractivity contribution < 1.29 is 26.4 Å². The van der Waals surface area contributed by atoms with Crippen molar-refractivity contribution in [3.63, 3.8) is 0 Å². The summed E-state index contributed by atoms with van der Waals surface area (Å²) in [4.78, 5) is 16.5. The maximum atomic E-state index is 13.7. The molecule has 0 radical (unpaired) electrons. The molecule has 142 valence electrons. The van der Waals surface area contributed by atoms with Crippen molar-refractivity contribution in [2.45, 2.75) is 12.3 Å². The number of hydrogen-bond donors (Lipinski definition) is 1. The molecule has 0 aliphatic carbocycles. The molecule has 10 heteroatoms. The molecule has 27 heavy (non-hydrogen) atoms. The Bertz CT molecular complexity index is 1140. The highest BCUT2D eigenvalue weighted by Crippen LogP contribution is 2.21. The minimum atomic E-state index is -3.43.